The quantitative estimate of drug-likeness (QED) is 0.661. The zero-order valence-corrected chi connectivity index (χ0v) is 14.2. The van der Waals surface area contributed by atoms with Gasteiger partial charge < -0.3 is 4.18 Å². The van der Waals surface area contributed by atoms with Crippen molar-refractivity contribution in [2.45, 2.75) is 9.79 Å². The second-order valence-electron chi connectivity index (χ2n) is 5.11. The smallest absolute Gasteiger partial charge is 0.339 e. The van der Waals surface area contributed by atoms with Crippen LogP contribution in [0.15, 0.2) is 70.6 Å². The SMILES string of the molecule is CS(=O)(=O)c1ccc(S(=O)(=O)Oc2cccc3cccnc23)cc1. The van der Waals surface area contributed by atoms with E-state index in [4.69, 9.17) is 4.18 Å². The van der Waals surface area contributed by atoms with Crippen LogP contribution in [0.1, 0.15) is 0 Å². The van der Waals surface area contributed by atoms with Gasteiger partial charge in [0.25, 0.3) is 0 Å². The van der Waals surface area contributed by atoms with Gasteiger partial charge in [-0.1, -0.05) is 18.2 Å². The van der Waals surface area contributed by atoms with Crippen LogP contribution in [0.3, 0.4) is 0 Å². The van der Waals surface area contributed by atoms with Crippen molar-refractivity contribution in [2.75, 3.05) is 6.26 Å². The fourth-order valence-corrected chi connectivity index (χ4v) is 3.73. The number of sulfone groups is 1. The predicted octanol–water partition coefficient (Wildman–Crippen LogP) is 2.41. The molecule has 2 aromatic carbocycles. The van der Waals surface area contributed by atoms with E-state index in [1.54, 1.807) is 30.5 Å². The maximum Gasteiger partial charge on any atom is 0.339 e. The number of nitrogens with zero attached hydrogens (tertiary/aromatic N) is 1. The minimum absolute atomic E-state index is 0.0354. The average molecular weight is 363 g/mol. The van der Waals surface area contributed by atoms with E-state index in [-0.39, 0.29) is 15.5 Å². The third kappa shape index (κ3) is 3.24. The van der Waals surface area contributed by atoms with Crippen molar-refractivity contribution in [1.29, 1.82) is 0 Å². The standard InChI is InChI=1S/C16H13NO5S2/c1-23(18,19)13-7-9-14(10-8-13)24(20,21)22-15-6-2-4-12-5-3-11-17-16(12)15/h2-11H,1H3. The minimum atomic E-state index is -4.10. The molecular formula is C16H13NO5S2. The van der Waals surface area contributed by atoms with E-state index >= 15 is 0 Å². The van der Waals surface area contributed by atoms with Gasteiger partial charge in [-0.15, -0.1) is 0 Å². The highest BCUT2D eigenvalue weighted by molar-refractivity contribution is 7.90. The van der Waals surface area contributed by atoms with Gasteiger partial charge in [-0.3, -0.25) is 4.98 Å². The Labute approximate surface area is 139 Å². The second-order valence-corrected chi connectivity index (χ2v) is 8.67. The van der Waals surface area contributed by atoms with Gasteiger partial charge in [0.2, 0.25) is 0 Å². The zero-order valence-electron chi connectivity index (χ0n) is 12.6. The molecule has 0 aliphatic rings. The largest absolute Gasteiger partial charge is 0.377 e. The summed E-state index contributed by atoms with van der Waals surface area (Å²) in [5.41, 5.74) is 0.427. The van der Waals surface area contributed by atoms with Gasteiger partial charge in [0, 0.05) is 17.8 Å². The van der Waals surface area contributed by atoms with Gasteiger partial charge in [0.1, 0.15) is 10.4 Å². The number of para-hydroxylation sites is 1. The van der Waals surface area contributed by atoms with Crippen LogP contribution in [-0.2, 0) is 20.0 Å². The van der Waals surface area contributed by atoms with Gasteiger partial charge in [-0.2, -0.15) is 8.42 Å². The molecule has 0 unspecified atom stereocenters. The van der Waals surface area contributed by atoms with E-state index in [0.717, 1.165) is 11.6 Å². The molecule has 0 amide bonds. The molecule has 6 nitrogen and oxygen atoms in total. The lowest BCUT2D eigenvalue weighted by Gasteiger charge is -2.09. The number of fused-ring (bicyclic) bond motifs is 1. The second kappa shape index (κ2) is 5.88. The third-order valence-corrected chi connectivity index (χ3v) is 5.71. The van der Waals surface area contributed by atoms with Crippen molar-refractivity contribution in [3.63, 3.8) is 0 Å². The molecule has 0 spiro atoms. The molecule has 3 aromatic rings. The van der Waals surface area contributed by atoms with Crippen molar-refractivity contribution < 1.29 is 21.0 Å². The monoisotopic (exact) mass is 363 g/mol. The van der Waals surface area contributed by atoms with Gasteiger partial charge in [0.05, 0.1) is 4.90 Å². The highest BCUT2D eigenvalue weighted by Crippen LogP contribution is 2.26. The molecule has 1 aromatic heterocycles. The summed E-state index contributed by atoms with van der Waals surface area (Å²) in [4.78, 5) is 4.04. The summed E-state index contributed by atoms with van der Waals surface area (Å²) in [6.07, 6.45) is 2.59. The molecule has 0 aliphatic heterocycles. The molecule has 0 bridgehead atoms. The maximum absolute atomic E-state index is 12.4. The van der Waals surface area contributed by atoms with E-state index in [2.05, 4.69) is 4.98 Å². The van der Waals surface area contributed by atoms with E-state index < -0.39 is 20.0 Å². The van der Waals surface area contributed by atoms with Gasteiger partial charge >= 0.3 is 10.1 Å². The number of benzene rings is 2. The fourth-order valence-electron chi connectivity index (χ4n) is 2.16. The summed E-state index contributed by atoms with van der Waals surface area (Å²) in [5.74, 6) is 0.111. The summed E-state index contributed by atoms with van der Waals surface area (Å²) in [5, 5.41) is 0.748. The lowest BCUT2D eigenvalue weighted by molar-refractivity contribution is 0.488. The first-order valence-corrected chi connectivity index (χ1v) is 10.2. The van der Waals surface area contributed by atoms with Crippen LogP contribution in [0.5, 0.6) is 5.75 Å². The van der Waals surface area contributed by atoms with E-state index in [1.807, 2.05) is 0 Å². The number of pyridine rings is 1. The molecule has 0 atom stereocenters. The summed E-state index contributed by atoms with van der Waals surface area (Å²) < 4.78 is 52.9. The highest BCUT2D eigenvalue weighted by Gasteiger charge is 2.19. The van der Waals surface area contributed by atoms with Crippen LogP contribution in [-0.4, -0.2) is 28.1 Å². The molecule has 3 rings (SSSR count). The summed E-state index contributed by atoms with van der Waals surface area (Å²) in [6, 6.07) is 13.4. The minimum Gasteiger partial charge on any atom is -0.377 e. The fraction of sp³-hybridized carbons (Fsp3) is 0.0625. The number of aromatic nitrogens is 1. The molecule has 1 heterocycles. The van der Waals surface area contributed by atoms with Crippen LogP contribution in [0, 0.1) is 0 Å². The number of rotatable bonds is 4. The zero-order chi connectivity index (χ0) is 17.4. The molecule has 24 heavy (non-hydrogen) atoms. The Morgan fingerprint density at radius 1 is 0.833 bits per heavy atom. The normalized spacial score (nSPS) is 12.2. The molecule has 0 saturated heterocycles. The van der Waals surface area contributed by atoms with Crippen LogP contribution < -0.4 is 4.18 Å². The Balaban J connectivity index is 1.99. The topological polar surface area (TPSA) is 90.4 Å². The maximum atomic E-state index is 12.4. The molecule has 124 valence electrons. The molecule has 0 saturated carbocycles. The van der Waals surface area contributed by atoms with Gasteiger partial charge in [-0.25, -0.2) is 8.42 Å². The first kappa shape index (κ1) is 16.4. The number of hydrogen-bond acceptors (Lipinski definition) is 6. The Morgan fingerprint density at radius 3 is 2.12 bits per heavy atom. The lowest BCUT2D eigenvalue weighted by atomic mass is 10.2. The van der Waals surface area contributed by atoms with Gasteiger partial charge in [0.15, 0.2) is 15.6 Å². The highest BCUT2D eigenvalue weighted by atomic mass is 32.2. The van der Waals surface area contributed by atoms with Gasteiger partial charge in [-0.05, 0) is 36.4 Å². The Kier molecular flexibility index (Phi) is 4.02. The summed E-state index contributed by atoms with van der Waals surface area (Å²) in [7, 11) is -7.50. The Morgan fingerprint density at radius 2 is 1.46 bits per heavy atom. The van der Waals surface area contributed by atoms with Crippen molar-refractivity contribution in [3.8, 4) is 5.75 Å². The predicted molar refractivity (Wildman–Crippen MR) is 89.1 cm³/mol. The molecule has 8 heteroatoms. The van der Waals surface area contributed by atoms with Crippen molar-refractivity contribution in [1.82, 2.24) is 4.98 Å². The summed E-state index contributed by atoms with van der Waals surface area (Å²) in [6.45, 7) is 0. The molecule has 0 aliphatic carbocycles. The van der Waals surface area contributed by atoms with Crippen molar-refractivity contribution >= 4 is 30.9 Å². The number of hydrogen-bond donors (Lipinski definition) is 0. The van der Waals surface area contributed by atoms with Crippen LogP contribution in [0.4, 0.5) is 0 Å². The van der Waals surface area contributed by atoms with E-state index in [9.17, 15) is 16.8 Å². The van der Waals surface area contributed by atoms with E-state index in [1.165, 1.54) is 30.3 Å². The van der Waals surface area contributed by atoms with Crippen LogP contribution in [0.25, 0.3) is 10.9 Å². The van der Waals surface area contributed by atoms with E-state index in [0.29, 0.717) is 5.52 Å². The van der Waals surface area contributed by atoms with Crippen molar-refractivity contribution in [2.24, 2.45) is 0 Å². The van der Waals surface area contributed by atoms with Crippen LogP contribution in [0.2, 0.25) is 0 Å². The first-order chi connectivity index (χ1) is 11.3. The molecule has 0 N–H and O–H groups in total. The Bertz CT molecular complexity index is 1100. The molecular weight excluding hydrogens is 350 g/mol. The molecule has 0 fully saturated rings. The lowest BCUT2D eigenvalue weighted by Crippen LogP contribution is -2.10. The van der Waals surface area contributed by atoms with Crippen LogP contribution >= 0.6 is 0 Å². The third-order valence-electron chi connectivity index (χ3n) is 3.34. The average Bonchev–Trinajstić information content (AvgIpc) is 2.54. The summed E-state index contributed by atoms with van der Waals surface area (Å²) >= 11 is 0. The first-order valence-electron chi connectivity index (χ1n) is 6.86. The molecule has 0 radical (unpaired) electrons. The van der Waals surface area contributed by atoms with Crippen molar-refractivity contribution in [3.05, 3.63) is 60.8 Å². The Hall–Kier alpha value is -2.45.